The maximum Gasteiger partial charge on any atom is 0.281 e. The molecule has 0 unspecified atom stereocenters. The van der Waals surface area contributed by atoms with Crippen LogP contribution in [0.1, 0.15) is 58.1 Å². The second-order valence-corrected chi connectivity index (χ2v) is 14.7. The minimum absolute atomic E-state index is 0.0661. The Morgan fingerprint density at radius 2 is 2.02 bits per heavy atom. The zero-order valence-corrected chi connectivity index (χ0v) is 27.9. The minimum atomic E-state index is -1.68. The zero-order chi connectivity index (χ0) is 31.3. The molecule has 0 saturated carbocycles. The van der Waals surface area contributed by atoms with Crippen molar-refractivity contribution in [2.75, 3.05) is 27.2 Å². The Hall–Kier alpha value is -2.73. The van der Waals surface area contributed by atoms with E-state index < -0.39 is 41.5 Å². The van der Waals surface area contributed by atoms with Crippen LogP contribution >= 0.6 is 15.9 Å². The third-order valence-electron chi connectivity index (χ3n) is 10.5. The number of fused-ring (bicyclic) bond motifs is 5. The summed E-state index contributed by atoms with van der Waals surface area (Å²) in [5, 5.41) is 4.30. The average molecular weight is 669 g/mol. The third-order valence-corrected chi connectivity index (χ3v) is 11.2. The number of likely N-dealkylation sites (N-methyl/N-ethyl adjacent to an activating group) is 1. The number of aromatic amines is 1. The Morgan fingerprint density at radius 3 is 2.73 bits per heavy atom. The van der Waals surface area contributed by atoms with Gasteiger partial charge in [-0.1, -0.05) is 45.9 Å². The molecule has 5 heterocycles. The van der Waals surface area contributed by atoms with Crippen molar-refractivity contribution in [2.45, 2.75) is 83.1 Å². The first kappa shape index (κ1) is 30.0. The van der Waals surface area contributed by atoms with Gasteiger partial charge in [-0.3, -0.25) is 28.9 Å². The number of hydrogen-bond acceptors (Lipinski definition) is 6. The number of ether oxygens (including phenoxy) is 2. The number of H-pyrrole nitrogens is 1. The summed E-state index contributed by atoms with van der Waals surface area (Å²) in [4.78, 5) is 51.8. The molecular formula is C33H42BrN5O5. The second kappa shape index (κ2) is 10.4. The van der Waals surface area contributed by atoms with E-state index in [-0.39, 0.29) is 23.8 Å². The van der Waals surface area contributed by atoms with Crippen LogP contribution in [0, 0.1) is 17.8 Å². The lowest BCUT2D eigenvalue weighted by atomic mass is 9.79. The lowest BCUT2D eigenvalue weighted by molar-refractivity contribution is -0.333. The molecule has 3 amide bonds. The van der Waals surface area contributed by atoms with Gasteiger partial charge in [-0.25, -0.2) is 0 Å². The van der Waals surface area contributed by atoms with Crippen molar-refractivity contribution in [1.82, 2.24) is 25.0 Å². The zero-order valence-electron chi connectivity index (χ0n) is 26.3. The van der Waals surface area contributed by atoms with E-state index in [0.717, 1.165) is 34.1 Å². The molecule has 0 spiro atoms. The fourth-order valence-electron chi connectivity index (χ4n) is 8.40. The first-order chi connectivity index (χ1) is 20.9. The molecule has 3 saturated heterocycles. The number of aromatic nitrogens is 1. The quantitative estimate of drug-likeness (QED) is 0.485. The van der Waals surface area contributed by atoms with E-state index in [0.29, 0.717) is 25.9 Å². The molecule has 10 nitrogen and oxygen atoms in total. The highest BCUT2D eigenvalue weighted by atomic mass is 79.9. The van der Waals surface area contributed by atoms with Crippen LogP contribution in [-0.2, 0) is 30.3 Å². The van der Waals surface area contributed by atoms with Crippen LogP contribution < -0.4 is 5.32 Å². The Labute approximate surface area is 266 Å². The topological polar surface area (TPSA) is 107 Å². The van der Waals surface area contributed by atoms with Gasteiger partial charge in [0.25, 0.3) is 11.8 Å². The average Bonchev–Trinajstić information content (AvgIpc) is 3.67. The summed E-state index contributed by atoms with van der Waals surface area (Å²) in [7, 11) is 3.59. The summed E-state index contributed by atoms with van der Waals surface area (Å²) in [6.07, 6.45) is 4.85. The molecule has 0 bridgehead atoms. The number of nitrogens with one attached hydrogen (secondary N) is 2. The summed E-state index contributed by atoms with van der Waals surface area (Å²) in [5.74, 6) is -3.00. The second-order valence-electron chi connectivity index (χ2n) is 13.9. The third kappa shape index (κ3) is 4.04. The van der Waals surface area contributed by atoms with Crippen molar-refractivity contribution in [2.24, 2.45) is 17.8 Å². The van der Waals surface area contributed by atoms with Gasteiger partial charge in [0.15, 0.2) is 0 Å². The number of methoxy groups -OCH3 is 1. The van der Waals surface area contributed by atoms with Gasteiger partial charge in [-0.05, 0) is 77.3 Å². The van der Waals surface area contributed by atoms with Gasteiger partial charge in [-0.2, -0.15) is 0 Å². The van der Waals surface area contributed by atoms with Crippen LogP contribution in [0.4, 0.5) is 0 Å². The molecule has 1 aromatic heterocycles. The van der Waals surface area contributed by atoms with Gasteiger partial charge >= 0.3 is 0 Å². The monoisotopic (exact) mass is 667 g/mol. The molecule has 3 fully saturated rings. The van der Waals surface area contributed by atoms with E-state index in [1.54, 1.807) is 0 Å². The summed E-state index contributed by atoms with van der Waals surface area (Å²) in [5.41, 5.74) is 2.88. The van der Waals surface area contributed by atoms with E-state index in [1.165, 1.54) is 23.0 Å². The molecule has 7 rings (SSSR count). The largest absolute Gasteiger partial charge is 0.349 e. The van der Waals surface area contributed by atoms with E-state index in [4.69, 9.17) is 9.47 Å². The van der Waals surface area contributed by atoms with Crippen molar-refractivity contribution in [3.8, 4) is 0 Å². The first-order valence-electron chi connectivity index (χ1n) is 15.9. The molecule has 236 valence electrons. The molecule has 11 heteroatoms. The molecular weight excluding hydrogens is 626 g/mol. The van der Waals surface area contributed by atoms with Gasteiger partial charge in [0.05, 0.1) is 10.5 Å². The number of hydrogen-bond donors (Lipinski definition) is 2. The highest BCUT2D eigenvalue weighted by Gasteiger charge is 2.72. The van der Waals surface area contributed by atoms with Gasteiger partial charge in [0, 0.05) is 43.1 Å². The van der Waals surface area contributed by atoms with Gasteiger partial charge in [-0.15, -0.1) is 0 Å². The molecule has 2 aromatic rings. The number of carbonyl (C=O) groups excluding carboxylic acids is 3. The number of nitrogens with zero attached hydrogens (tertiary/aromatic N) is 3. The maximum atomic E-state index is 14.7. The van der Waals surface area contributed by atoms with Crippen LogP contribution in [-0.4, -0.2) is 94.4 Å². The summed E-state index contributed by atoms with van der Waals surface area (Å²) in [6.45, 7) is 8.93. The van der Waals surface area contributed by atoms with Crippen molar-refractivity contribution < 1.29 is 23.9 Å². The van der Waals surface area contributed by atoms with Crippen LogP contribution in [0.5, 0.6) is 0 Å². The smallest absolute Gasteiger partial charge is 0.281 e. The number of benzene rings is 1. The standard InChI is InChI=1S/C33H42BrN5O5/c1-17(2)13-25-30(41)38-12-8-11-26(38)33(43-6)39(25)31(42)32(44-33,18(3)4)36-29(40)19-14-21-20-9-7-10-23-27(20)22(28(34)35-23)15-24(21)37(5)16-19/h7,9-10,14,17-19,24-26,35H,8,11-13,15-16H2,1-6H3,(H,36,40)/t19-,24-,25+,26+,32-,33+/m1/s1. The van der Waals surface area contributed by atoms with Crippen molar-refractivity contribution in [1.29, 1.82) is 0 Å². The predicted octanol–water partition coefficient (Wildman–Crippen LogP) is 3.85. The normalized spacial score (nSPS) is 33.2. The van der Waals surface area contributed by atoms with Crippen LogP contribution in [0.15, 0.2) is 28.9 Å². The number of amides is 3. The van der Waals surface area contributed by atoms with Crippen LogP contribution in [0.2, 0.25) is 0 Å². The lowest BCUT2D eigenvalue weighted by Gasteiger charge is -2.51. The SMILES string of the molecule is CO[C@@]12O[C@](NC(=O)[C@@H]3C=C4c5cccc6[nH]c(Br)c(c56)C[C@H]4N(C)C3)(C(C)C)C(=O)N1[C@@H](CC(C)C)C(=O)N1CCC[C@H]12. The molecule has 0 radical (unpaired) electrons. The fourth-order valence-corrected chi connectivity index (χ4v) is 8.97. The summed E-state index contributed by atoms with van der Waals surface area (Å²) in [6, 6.07) is 5.20. The highest BCUT2D eigenvalue weighted by molar-refractivity contribution is 9.10. The summed E-state index contributed by atoms with van der Waals surface area (Å²) < 4.78 is 14.0. The Balaban J connectivity index is 1.26. The first-order valence-corrected chi connectivity index (χ1v) is 16.7. The molecule has 5 aliphatic rings. The molecule has 1 aromatic carbocycles. The van der Waals surface area contributed by atoms with Gasteiger partial charge in [0.1, 0.15) is 12.1 Å². The minimum Gasteiger partial charge on any atom is -0.349 e. The molecule has 4 aliphatic heterocycles. The van der Waals surface area contributed by atoms with Crippen molar-refractivity contribution >= 4 is 50.1 Å². The number of halogens is 1. The summed E-state index contributed by atoms with van der Waals surface area (Å²) >= 11 is 3.72. The van der Waals surface area contributed by atoms with E-state index in [2.05, 4.69) is 56.4 Å². The van der Waals surface area contributed by atoms with E-state index in [1.807, 2.05) is 38.7 Å². The van der Waals surface area contributed by atoms with Crippen LogP contribution in [0.25, 0.3) is 16.5 Å². The Morgan fingerprint density at radius 1 is 1.25 bits per heavy atom. The highest BCUT2D eigenvalue weighted by Crippen LogP contribution is 2.50. The predicted molar refractivity (Wildman–Crippen MR) is 169 cm³/mol. The number of carbonyl (C=O) groups is 3. The molecule has 1 aliphatic carbocycles. The van der Waals surface area contributed by atoms with Gasteiger partial charge in [0.2, 0.25) is 17.5 Å². The molecule has 2 N–H and O–H groups in total. The van der Waals surface area contributed by atoms with E-state index >= 15 is 0 Å². The van der Waals surface area contributed by atoms with Crippen molar-refractivity contribution in [3.63, 3.8) is 0 Å². The Bertz CT molecular complexity index is 1590. The van der Waals surface area contributed by atoms with Crippen molar-refractivity contribution in [3.05, 3.63) is 40.0 Å². The number of piperazine rings is 1. The maximum absolute atomic E-state index is 14.7. The van der Waals surface area contributed by atoms with E-state index in [9.17, 15) is 14.4 Å². The number of rotatable bonds is 6. The fraction of sp³-hybridized carbons (Fsp3) is 0.606. The molecule has 6 atom stereocenters. The van der Waals surface area contributed by atoms with Gasteiger partial charge < -0.3 is 19.9 Å². The van der Waals surface area contributed by atoms with Crippen LogP contribution in [0.3, 0.4) is 0 Å². The lowest BCUT2D eigenvalue weighted by Crippen LogP contribution is -2.72. The molecule has 44 heavy (non-hydrogen) atoms. The Kier molecular flexibility index (Phi) is 7.08.